The van der Waals surface area contributed by atoms with E-state index in [0.29, 0.717) is 24.3 Å². The first-order valence-electron chi connectivity index (χ1n) is 8.12. The number of primary amides is 1. The highest BCUT2D eigenvalue weighted by atomic mass is 16.5. The minimum atomic E-state index is -0.378. The molecule has 0 spiro atoms. The summed E-state index contributed by atoms with van der Waals surface area (Å²) in [5.74, 6) is 0.950. The molecule has 0 unspecified atom stereocenters. The molecule has 1 fully saturated rings. The van der Waals surface area contributed by atoms with Crippen molar-refractivity contribution in [3.63, 3.8) is 0 Å². The van der Waals surface area contributed by atoms with Crippen molar-refractivity contribution in [1.29, 1.82) is 0 Å². The zero-order chi connectivity index (χ0) is 17.1. The third-order valence-electron chi connectivity index (χ3n) is 4.53. The standard InChI is InChI=1S/C17H23N5O2/c1-12-19-15(20-24-12)11-21(2)14-8-9-22(10-14)16(17(18)23)13-6-4-3-5-7-13/h3-7,14,16H,8-11H2,1-2H3,(H2,18,23)/t14-,16-/m0/s1. The van der Waals surface area contributed by atoms with Gasteiger partial charge in [0.15, 0.2) is 5.82 Å². The van der Waals surface area contributed by atoms with Crippen LogP contribution in [0.25, 0.3) is 0 Å². The number of likely N-dealkylation sites (tertiary alicyclic amines) is 1. The third kappa shape index (κ3) is 3.63. The Kier molecular flexibility index (Phi) is 4.92. The largest absolute Gasteiger partial charge is 0.368 e. The Balaban J connectivity index is 1.66. The summed E-state index contributed by atoms with van der Waals surface area (Å²) in [4.78, 5) is 20.6. The van der Waals surface area contributed by atoms with Crippen LogP contribution in [-0.2, 0) is 11.3 Å². The van der Waals surface area contributed by atoms with Crippen molar-refractivity contribution in [3.05, 3.63) is 47.6 Å². The normalized spacial score (nSPS) is 19.7. The maximum atomic E-state index is 12.0. The molecule has 7 nitrogen and oxygen atoms in total. The highest BCUT2D eigenvalue weighted by molar-refractivity contribution is 5.81. The van der Waals surface area contributed by atoms with Crippen LogP contribution in [0.2, 0.25) is 0 Å². The van der Waals surface area contributed by atoms with Gasteiger partial charge in [-0.15, -0.1) is 0 Å². The number of nitrogens with two attached hydrogens (primary N) is 1. The molecular formula is C17H23N5O2. The fourth-order valence-corrected chi connectivity index (χ4v) is 3.31. The lowest BCUT2D eigenvalue weighted by Gasteiger charge is -2.27. The number of hydrogen-bond donors (Lipinski definition) is 1. The molecule has 0 radical (unpaired) electrons. The molecule has 7 heteroatoms. The van der Waals surface area contributed by atoms with Gasteiger partial charge in [0, 0.05) is 26.1 Å². The summed E-state index contributed by atoms with van der Waals surface area (Å²) >= 11 is 0. The van der Waals surface area contributed by atoms with Gasteiger partial charge in [0.25, 0.3) is 0 Å². The lowest BCUT2D eigenvalue weighted by molar-refractivity contribution is -0.123. The van der Waals surface area contributed by atoms with Crippen LogP contribution >= 0.6 is 0 Å². The van der Waals surface area contributed by atoms with Crippen molar-refractivity contribution < 1.29 is 9.32 Å². The zero-order valence-corrected chi connectivity index (χ0v) is 14.1. The summed E-state index contributed by atoms with van der Waals surface area (Å²) in [5, 5.41) is 3.94. The Morgan fingerprint density at radius 2 is 2.21 bits per heavy atom. The van der Waals surface area contributed by atoms with Crippen LogP contribution in [0.4, 0.5) is 0 Å². The number of aryl methyl sites for hydroxylation is 1. The van der Waals surface area contributed by atoms with Crippen molar-refractivity contribution in [2.24, 2.45) is 5.73 Å². The lowest BCUT2D eigenvalue weighted by atomic mass is 10.1. The van der Waals surface area contributed by atoms with E-state index in [2.05, 4.69) is 19.9 Å². The van der Waals surface area contributed by atoms with Gasteiger partial charge in [-0.2, -0.15) is 4.98 Å². The number of aromatic nitrogens is 2. The van der Waals surface area contributed by atoms with Gasteiger partial charge in [-0.1, -0.05) is 35.5 Å². The summed E-state index contributed by atoms with van der Waals surface area (Å²) in [6.07, 6.45) is 0.976. The molecule has 1 aromatic heterocycles. The van der Waals surface area contributed by atoms with E-state index in [4.69, 9.17) is 10.3 Å². The van der Waals surface area contributed by atoms with Crippen molar-refractivity contribution in [2.45, 2.75) is 32.0 Å². The molecule has 3 rings (SSSR count). The van der Waals surface area contributed by atoms with E-state index in [-0.39, 0.29) is 11.9 Å². The molecule has 2 atom stereocenters. The minimum Gasteiger partial charge on any atom is -0.368 e. The van der Waals surface area contributed by atoms with Gasteiger partial charge >= 0.3 is 0 Å². The van der Waals surface area contributed by atoms with Crippen LogP contribution in [-0.4, -0.2) is 52.0 Å². The number of carbonyl (C=O) groups excluding carboxylic acids is 1. The first-order chi connectivity index (χ1) is 11.5. The molecule has 1 aliphatic rings. The molecule has 0 aliphatic carbocycles. The molecule has 2 aromatic rings. The van der Waals surface area contributed by atoms with Gasteiger partial charge < -0.3 is 10.3 Å². The maximum absolute atomic E-state index is 12.0. The molecule has 1 aliphatic heterocycles. The molecule has 0 bridgehead atoms. The van der Waals surface area contributed by atoms with Crippen molar-refractivity contribution in [2.75, 3.05) is 20.1 Å². The molecule has 1 saturated heterocycles. The second-order valence-electron chi connectivity index (χ2n) is 6.30. The quantitative estimate of drug-likeness (QED) is 0.854. The second-order valence-corrected chi connectivity index (χ2v) is 6.30. The maximum Gasteiger partial charge on any atom is 0.239 e. The highest BCUT2D eigenvalue weighted by Crippen LogP contribution is 2.27. The Hall–Kier alpha value is -2.25. The van der Waals surface area contributed by atoms with Crippen LogP contribution < -0.4 is 5.73 Å². The highest BCUT2D eigenvalue weighted by Gasteiger charge is 2.34. The van der Waals surface area contributed by atoms with Crippen molar-refractivity contribution in [1.82, 2.24) is 19.9 Å². The number of amides is 1. The van der Waals surface area contributed by atoms with E-state index in [1.54, 1.807) is 6.92 Å². The molecule has 1 aromatic carbocycles. The molecule has 0 saturated carbocycles. The van der Waals surface area contributed by atoms with Crippen LogP contribution in [0.1, 0.15) is 29.7 Å². The predicted octanol–water partition coefficient (Wildman–Crippen LogP) is 1.11. The van der Waals surface area contributed by atoms with E-state index in [9.17, 15) is 4.79 Å². The Morgan fingerprint density at radius 3 is 2.83 bits per heavy atom. The van der Waals surface area contributed by atoms with Crippen molar-refractivity contribution >= 4 is 5.91 Å². The molecule has 1 amide bonds. The number of benzene rings is 1. The number of likely N-dealkylation sites (N-methyl/N-ethyl adjacent to an activating group) is 1. The van der Waals surface area contributed by atoms with Crippen LogP contribution in [0.15, 0.2) is 34.9 Å². The van der Waals surface area contributed by atoms with Gasteiger partial charge in [-0.3, -0.25) is 14.6 Å². The van der Waals surface area contributed by atoms with Crippen LogP contribution in [0, 0.1) is 6.92 Å². The van der Waals surface area contributed by atoms with E-state index in [0.717, 1.165) is 25.1 Å². The first-order valence-corrected chi connectivity index (χ1v) is 8.12. The van der Waals surface area contributed by atoms with Gasteiger partial charge in [-0.25, -0.2) is 0 Å². The average Bonchev–Trinajstić information content (AvgIpc) is 3.18. The van der Waals surface area contributed by atoms with E-state index in [1.165, 1.54) is 0 Å². The third-order valence-corrected chi connectivity index (χ3v) is 4.53. The number of hydrogen-bond acceptors (Lipinski definition) is 6. The fraction of sp³-hybridized carbons (Fsp3) is 0.471. The van der Waals surface area contributed by atoms with E-state index >= 15 is 0 Å². The first kappa shape index (κ1) is 16.6. The molecular weight excluding hydrogens is 306 g/mol. The number of rotatable bonds is 6. The summed E-state index contributed by atoms with van der Waals surface area (Å²) in [6, 6.07) is 9.66. The Labute approximate surface area is 141 Å². The minimum absolute atomic E-state index is 0.307. The summed E-state index contributed by atoms with van der Waals surface area (Å²) in [7, 11) is 2.04. The SMILES string of the molecule is Cc1nc(CN(C)[C@H]2CCN([C@H](C(N)=O)c3ccccc3)C2)no1. The Bertz CT molecular complexity index is 687. The monoisotopic (exact) mass is 329 g/mol. The van der Waals surface area contributed by atoms with Crippen LogP contribution in [0.5, 0.6) is 0 Å². The lowest BCUT2D eigenvalue weighted by Crippen LogP contribution is -2.39. The molecule has 2 heterocycles. The van der Waals surface area contributed by atoms with Gasteiger partial charge in [-0.05, 0) is 19.0 Å². The Morgan fingerprint density at radius 1 is 1.46 bits per heavy atom. The summed E-state index contributed by atoms with van der Waals surface area (Å²) < 4.78 is 5.02. The van der Waals surface area contributed by atoms with Gasteiger partial charge in [0.05, 0.1) is 6.54 Å². The number of carbonyl (C=O) groups is 1. The van der Waals surface area contributed by atoms with Crippen LogP contribution in [0.3, 0.4) is 0 Å². The molecule has 128 valence electrons. The fourth-order valence-electron chi connectivity index (χ4n) is 3.31. The average molecular weight is 329 g/mol. The topological polar surface area (TPSA) is 88.5 Å². The zero-order valence-electron chi connectivity index (χ0n) is 14.1. The van der Waals surface area contributed by atoms with E-state index in [1.807, 2.05) is 37.4 Å². The number of nitrogens with zero attached hydrogens (tertiary/aromatic N) is 4. The predicted molar refractivity (Wildman–Crippen MR) is 88.9 cm³/mol. The summed E-state index contributed by atoms with van der Waals surface area (Å²) in [5.41, 5.74) is 6.62. The smallest absolute Gasteiger partial charge is 0.239 e. The van der Waals surface area contributed by atoms with Crippen molar-refractivity contribution in [3.8, 4) is 0 Å². The second kappa shape index (κ2) is 7.11. The molecule has 2 N–H and O–H groups in total. The van der Waals surface area contributed by atoms with E-state index < -0.39 is 0 Å². The van der Waals surface area contributed by atoms with Gasteiger partial charge in [0.1, 0.15) is 6.04 Å². The van der Waals surface area contributed by atoms with Gasteiger partial charge in [0.2, 0.25) is 11.8 Å². The molecule has 24 heavy (non-hydrogen) atoms. The summed E-state index contributed by atoms with van der Waals surface area (Å²) in [6.45, 7) is 4.03.